The fraction of sp³-hybridized carbons (Fsp3) is 0.875. The molecule has 0 aliphatic rings. The van der Waals surface area contributed by atoms with Crippen LogP contribution in [0.15, 0.2) is 0 Å². The summed E-state index contributed by atoms with van der Waals surface area (Å²) in [6.07, 6.45) is 2.67. The van der Waals surface area contributed by atoms with Crippen molar-refractivity contribution >= 4 is 17.7 Å². The van der Waals surface area contributed by atoms with Gasteiger partial charge in [-0.25, -0.2) is 0 Å². The molecule has 0 unspecified atom stereocenters. The predicted molar refractivity (Wildman–Crippen MR) is 55.7 cm³/mol. The van der Waals surface area contributed by atoms with Crippen LogP contribution in [0.3, 0.4) is 0 Å². The summed E-state index contributed by atoms with van der Waals surface area (Å²) in [7, 11) is 1.65. The van der Waals surface area contributed by atoms with Crippen LogP contribution in [0.1, 0.15) is 6.42 Å². The van der Waals surface area contributed by atoms with Gasteiger partial charge in [-0.2, -0.15) is 11.8 Å². The number of hydrogen-bond donors (Lipinski definition) is 2. The summed E-state index contributed by atoms with van der Waals surface area (Å²) >= 11 is 1.67. The van der Waals surface area contributed by atoms with Crippen molar-refractivity contribution in [1.82, 2.24) is 4.90 Å². The lowest BCUT2D eigenvalue weighted by Gasteiger charge is -2.19. The monoisotopic (exact) mass is 206 g/mol. The lowest BCUT2D eigenvalue weighted by molar-refractivity contribution is -0.131. The summed E-state index contributed by atoms with van der Waals surface area (Å²) in [6.45, 7) is 0.337. The van der Waals surface area contributed by atoms with Crippen LogP contribution in [0.5, 0.6) is 0 Å². The van der Waals surface area contributed by atoms with Gasteiger partial charge in [0.2, 0.25) is 5.91 Å². The molecule has 0 aliphatic carbocycles. The first kappa shape index (κ1) is 12.7. The highest BCUT2D eigenvalue weighted by molar-refractivity contribution is 7.98. The Balaban J connectivity index is 3.79. The molecular formula is C8H18N2O2S. The van der Waals surface area contributed by atoms with Gasteiger partial charge in [0.05, 0.1) is 12.6 Å². The van der Waals surface area contributed by atoms with E-state index in [9.17, 15) is 4.79 Å². The molecule has 0 aromatic rings. The first-order valence-corrected chi connectivity index (χ1v) is 5.63. The van der Waals surface area contributed by atoms with Crippen LogP contribution in [-0.4, -0.2) is 54.2 Å². The maximum Gasteiger partial charge on any atom is 0.239 e. The highest BCUT2D eigenvalue weighted by Gasteiger charge is 2.16. The van der Waals surface area contributed by atoms with Crippen molar-refractivity contribution in [3.8, 4) is 0 Å². The highest BCUT2D eigenvalue weighted by atomic mass is 32.2. The van der Waals surface area contributed by atoms with Gasteiger partial charge < -0.3 is 15.7 Å². The summed E-state index contributed by atoms with van der Waals surface area (Å²) in [6, 6.07) is -0.427. The topological polar surface area (TPSA) is 66.6 Å². The van der Waals surface area contributed by atoms with Crippen molar-refractivity contribution in [2.75, 3.05) is 32.2 Å². The minimum Gasteiger partial charge on any atom is -0.395 e. The van der Waals surface area contributed by atoms with E-state index in [4.69, 9.17) is 10.8 Å². The number of aliphatic hydroxyl groups is 1. The molecule has 5 heteroatoms. The second kappa shape index (κ2) is 7.17. The van der Waals surface area contributed by atoms with Gasteiger partial charge in [0.15, 0.2) is 0 Å². The maximum absolute atomic E-state index is 11.4. The number of hydrogen-bond acceptors (Lipinski definition) is 4. The number of carbonyl (C=O) groups is 1. The number of rotatable bonds is 6. The van der Waals surface area contributed by atoms with Crippen LogP contribution in [0.25, 0.3) is 0 Å². The molecule has 78 valence electrons. The molecule has 0 heterocycles. The molecule has 0 rings (SSSR count). The number of carbonyl (C=O) groups excluding carboxylic acids is 1. The Bertz CT molecular complexity index is 155. The van der Waals surface area contributed by atoms with Crippen molar-refractivity contribution in [1.29, 1.82) is 0 Å². The molecule has 4 nitrogen and oxygen atoms in total. The van der Waals surface area contributed by atoms with E-state index in [1.54, 1.807) is 18.8 Å². The predicted octanol–water partition coefficient (Wildman–Crippen LogP) is -0.482. The second-order valence-corrected chi connectivity index (χ2v) is 3.86. The first-order chi connectivity index (χ1) is 6.13. The summed E-state index contributed by atoms with van der Waals surface area (Å²) < 4.78 is 0. The molecule has 0 aromatic carbocycles. The Morgan fingerprint density at radius 1 is 1.69 bits per heavy atom. The Morgan fingerprint density at radius 2 is 2.31 bits per heavy atom. The number of aliphatic hydroxyl groups excluding tert-OH is 1. The molecule has 0 saturated carbocycles. The maximum atomic E-state index is 11.4. The van der Waals surface area contributed by atoms with Crippen molar-refractivity contribution in [3.05, 3.63) is 0 Å². The van der Waals surface area contributed by atoms with Crippen LogP contribution in [0, 0.1) is 0 Å². The SMILES string of the molecule is CSCC[C@@H](N)C(=O)N(C)CCO. The van der Waals surface area contributed by atoms with Gasteiger partial charge in [-0.1, -0.05) is 0 Å². The van der Waals surface area contributed by atoms with E-state index >= 15 is 0 Å². The first-order valence-electron chi connectivity index (χ1n) is 4.23. The number of nitrogens with zero attached hydrogens (tertiary/aromatic N) is 1. The molecule has 1 amide bonds. The van der Waals surface area contributed by atoms with Gasteiger partial charge in [0.25, 0.3) is 0 Å². The van der Waals surface area contributed by atoms with Crippen molar-refractivity contribution in [2.45, 2.75) is 12.5 Å². The Kier molecular flexibility index (Phi) is 7.03. The molecule has 0 fully saturated rings. The van der Waals surface area contributed by atoms with E-state index in [1.165, 1.54) is 4.90 Å². The van der Waals surface area contributed by atoms with E-state index in [2.05, 4.69) is 0 Å². The fourth-order valence-electron chi connectivity index (χ4n) is 0.912. The minimum atomic E-state index is -0.427. The minimum absolute atomic E-state index is 0.0164. The standard InChI is InChI=1S/C8H18N2O2S/c1-10(4-5-11)8(12)7(9)3-6-13-2/h7,11H,3-6,9H2,1-2H3/t7-/m1/s1. The summed E-state index contributed by atoms with van der Waals surface area (Å²) in [5.41, 5.74) is 5.65. The van der Waals surface area contributed by atoms with Gasteiger partial charge in [0.1, 0.15) is 0 Å². The lowest BCUT2D eigenvalue weighted by atomic mass is 10.2. The van der Waals surface area contributed by atoms with Crippen molar-refractivity contribution in [2.24, 2.45) is 5.73 Å². The molecule has 0 saturated heterocycles. The third-order valence-corrected chi connectivity index (χ3v) is 2.41. The Labute approximate surface area is 83.5 Å². The van der Waals surface area contributed by atoms with Gasteiger partial charge >= 0.3 is 0 Å². The van der Waals surface area contributed by atoms with Crippen LogP contribution in [-0.2, 0) is 4.79 Å². The van der Waals surface area contributed by atoms with E-state index in [-0.39, 0.29) is 12.5 Å². The molecule has 0 aromatic heterocycles. The van der Waals surface area contributed by atoms with Gasteiger partial charge in [-0.15, -0.1) is 0 Å². The molecule has 1 atom stereocenters. The zero-order chi connectivity index (χ0) is 10.3. The average Bonchev–Trinajstić information content (AvgIpc) is 2.13. The number of likely N-dealkylation sites (N-methyl/N-ethyl adjacent to an activating group) is 1. The zero-order valence-electron chi connectivity index (χ0n) is 8.19. The summed E-state index contributed by atoms with van der Waals surface area (Å²) in [4.78, 5) is 12.9. The van der Waals surface area contributed by atoms with Crippen molar-refractivity contribution < 1.29 is 9.90 Å². The number of amides is 1. The van der Waals surface area contributed by atoms with Gasteiger partial charge in [-0.05, 0) is 18.4 Å². The fourth-order valence-corrected chi connectivity index (χ4v) is 1.40. The Hall–Kier alpha value is -0.260. The molecule has 0 bridgehead atoms. The van der Waals surface area contributed by atoms with Gasteiger partial charge in [-0.3, -0.25) is 4.79 Å². The largest absolute Gasteiger partial charge is 0.395 e. The third-order valence-electron chi connectivity index (χ3n) is 1.76. The van der Waals surface area contributed by atoms with Crippen LogP contribution >= 0.6 is 11.8 Å². The quantitative estimate of drug-likeness (QED) is 0.616. The number of thioether (sulfide) groups is 1. The average molecular weight is 206 g/mol. The van der Waals surface area contributed by atoms with Crippen LogP contribution < -0.4 is 5.73 Å². The normalized spacial score (nSPS) is 12.6. The van der Waals surface area contributed by atoms with Gasteiger partial charge in [0, 0.05) is 13.6 Å². The van der Waals surface area contributed by atoms with Crippen molar-refractivity contribution in [3.63, 3.8) is 0 Å². The molecule has 0 spiro atoms. The van der Waals surface area contributed by atoms with E-state index in [0.717, 1.165) is 5.75 Å². The molecule has 0 radical (unpaired) electrons. The van der Waals surface area contributed by atoms with Crippen LogP contribution in [0.4, 0.5) is 0 Å². The Morgan fingerprint density at radius 3 is 2.77 bits per heavy atom. The smallest absolute Gasteiger partial charge is 0.239 e. The van der Waals surface area contributed by atoms with E-state index < -0.39 is 6.04 Å². The summed E-state index contributed by atoms with van der Waals surface area (Å²) in [5, 5.41) is 8.60. The molecule has 3 N–H and O–H groups in total. The highest BCUT2D eigenvalue weighted by Crippen LogP contribution is 2.01. The lowest BCUT2D eigenvalue weighted by Crippen LogP contribution is -2.43. The molecule has 0 aliphatic heterocycles. The zero-order valence-corrected chi connectivity index (χ0v) is 9.01. The molecule has 13 heavy (non-hydrogen) atoms. The summed E-state index contributed by atoms with van der Waals surface area (Å²) in [5.74, 6) is 0.794. The third kappa shape index (κ3) is 5.13. The second-order valence-electron chi connectivity index (χ2n) is 2.87. The van der Waals surface area contributed by atoms with E-state index in [0.29, 0.717) is 13.0 Å². The van der Waals surface area contributed by atoms with Crippen LogP contribution in [0.2, 0.25) is 0 Å². The molecular weight excluding hydrogens is 188 g/mol. The van der Waals surface area contributed by atoms with E-state index in [1.807, 2.05) is 6.26 Å². The number of nitrogens with two attached hydrogens (primary N) is 1.